The van der Waals surface area contributed by atoms with Crippen LogP contribution in [0.5, 0.6) is 0 Å². The molecule has 5 nitrogen and oxygen atoms in total. The molecule has 1 aromatic carbocycles. The Bertz CT molecular complexity index is 557. The molecule has 6 heteroatoms. The number of thioether (sulfide) groups is 1. The van der Waals surface area contributed by atoms with Gasteiger partial charge in [0.2, 0.25) is 0 Å². The number of carboxylic acids is 1. The van der Waals surface area contributed by atoms with Gasteiger partial charge in [-0.3, -0.25) is 0 Å². The first-order chi connectivity index (χ1) is 9.15. The fourth-order valence-electron chi connectivity index (χ4n) is 1.79. The molecular formula is C13H14N2O3S. The summed E-state index contributed by atoms with van der Waals surface area (Å²) in [6.45, 7) is 0.493. The van der Waals surface area contributed by atoms with E-state index < -0.39 is 5.97 Å². The lowest BCUT2D eigenvalue weighted by Gasteiger charge is -2.09. The molecule has 2 N–H and O–H groups in total. The highest BCUT2D eigenvalue weighted by molar-refractivity contribution is 7.98. The molecule has 0 aliphatic heterocycles. The van der Waals surface area contributed by atoms with Crippen LogP contribution in [-0.4, -0.2) is 32.0 Å². The van der Waals surface area contributed by atoms with Crippen LogP contribution >= 0.6 is 11.8 Å². The summed E-state index contributed by atoms with van der Waals surface area (Å²) >= 11 is 1.51. The van der Waals surface area contributed by atoms with Crippen LogP contribution in [0.15, 0.2) is 35.6 Å². The number of carboxylic acid groups (broad SMARTS) is 1. The first kappa shape index (κ1) is 13.6. The van der Waals surface area contributed by atoms with E-state index in [-0.39, 0.29) is 12.2 Å². The van der Waals surface area contributed by atoms with Gasteiger partial charge in [0, 0.05) is 6.54 Å². The van der Waals surface area contributed by atoms with E-state index in [0.29, 0.717) is 6.54 Å². The van der Waals surface area contributed by atoms with E-state index in [1.807, 2.05) is 10.8 Å². The van der Waals surface area contributed by atoms with Crippen molar-refractivity contribution in [1.29, 1.82) is 0 Å². The van der Waals surface area contributed by atoms with Gasteiger partial charge in [0.15, 0.2) is 5.16 Å². The van der Waals surface area contributed by atoms with Crippen molar-refractivity contribution in [3.63, 3.8) is 0 Å². The van der Waals surface area contributed by atoms with Crippen LogP contribution in [0.4, 0.5) is 0 Å². The molecule has 0 unspecified atom stereocenters. The number of benzene rings is 1. The van der Waals surface area contributed by atoms with Gasteiger partial charge in [-0.15, -0.1) is 0 Å². The Balaban J connectivity index is 2.25. The molecule has 19 heavy (non-hydrogen) atoms. The maximum atomic E-state index is 10.8. The minimum Gasteiger partial charge on any atom is -0.478 e. The van der Waals surface area contributed by atoms with E-state index >= 15 is 0 Å². The predicted octanol–water partition coefficient (Wildman–Crippen LogP) is 1.84. The Hall–Kier alpha value is -1.79. The number of aliphatic hydroxyl groups excluding tert-OH is 1. The molecule has 2 aromatic rings. The lowest BCUT2D eigenvalue weighted by molar-refractivity contribution is 0.0697. The van der Waals surface area contributed by atoms with Crippen molar-refractivity contribution in [1.82, 2.24) is 9.55 Å². The number of imidazole rings is 1. The highest BCUT2D eigenvalue weighted by Gasteiger charge is 2.09. The lowest BCUT2D eigenvalue weighted by Crippen LogP contribution is -2.06. The first-order valence-corrected chi connectivity index (χ1v) is 6.89. The second-order valence-corrected chi connectivity index (χ2v) is 4.76. The van der Waals surface area contributed by atoms with Crippen molar-refractivity contribution in [3.05, 3.63) is 47.3 Å². The summed E-state index contributed by atoms with van der Waals surface area (Å²) in [5.41, 5.74) is 1.97. The van der Waals surface area contributed by atoms with Crippen molar-refractivity contribution in [2.24, 2.45) is 0 Å². The van der Waals surface area contributed by atoms with Crippen molar-refractivity contribution >= 4 is 17.7 Å². The van der Waals surface area contributed by atoms with Crippen molar-refractivity contribution in [2.75, 3.05) is 6.26 Å². The molecule has 0 saturated carbocycles. The van der Waals surface area contributed by atoms with E-state index in [9.17, 15) is 9.90 Å². The van der Waals surface area contributed by atoms with Crippen LogP contribution in [0, 0.1) is 0 Å². The monoisotopic (exact) mass is 278 g/mol. The zero-order valence-electron chi connectivity index (χ0n) is 10.4. The standard InChI is InChI=1S/C13H14N2O3S/c1-19-13-14-6-11(8-16)15(13)7-9-2-4-10(5-3-9)12(17)18/h2-6,16H,7-8H2,1H3,(H,17,18). The SMILES string of the molecule is CSc1ncc(CO)n1Cc1ccc(C(=O)O)cc1. The number of aromatic nitrogens is 2. The summed E-state index contributed by atoms with van der Waals surface area (Å²) in [5, 5.41) is 18.9. The summed E-state index contributed by atoms with van der Waals surface area (Å²) in [4.78, 5) is 15.0. The third-order valence-corrected chi connectivity index (χ3v) is 3.48. The van der Waals surface area contributed by atoms with E-state index in [1.54, 1.807) is 30.5 Å². The van der Waals surface area contributed by atoms with Crippen LogP contribution in [0.1, 0.15) is 21.6 Å². The van der Waals surface area contributed by atoms with Crippen molar-refractivity contribution in [2.45, 2.75) is 18.3 Å². The van der Waals surface area contributed by atoms with E-state index in [4.69, 9.17) is 5.11 Å². The molecule has 0 spiro atoms. The number of aromatic carboxylic acids is 1. The van der Waals surface area contributed by atoms with E-state index in [2.05, 4.69) is 4.98 Å². The van der Waals surface area contributed by atoms with Crippen LogP contribution in [0.2, 0.25) is 0 Å². The van der Waals surface area contributed by atoms with Crippen LogP contribution < -0.4 is 0 Å². The number of hydrogen-bond donors (Lipinski definition) is 2. The Morgan fingerprint density at radius 1 is 1.37 bits per heavy atom. The van der Waals surface area contributed by atoms with Gasteiger partial charge in [-0.1, -0.05) is 23.9 Å². The summed E-state index contributed by atoms with van der Waals surface area (Å²) in [6.07, 6.45) is 3.57. The molecule has 2 rings (SSSR count). The molecule has 0 saturated heterocycles. The topological polar surface area (TPSA) is 75.4 Å². The second kappa shape index (κ2) is 5.90. The number of nitrogens with zero attached hydrogens (tertiary/aromatic N) is 2. The maximum absolute atomic E-state index is 10.8. The quantitative estimate of drug-likeness (QED) is 0.816. The Labute approximate surface area is 114 Å². The molecule has 1 aromatic heterocycles. The summed E-state index contributed by atoms with van der Waals surface area (Å²) in [5.74, 6) is -0.935. The van der Waals surface area contributed by atoms with Gasteiger partial charge in [0.1, 0.15) is 0 Å². The van der Waals surface area contributed by atoms with Crippen molar-refractivity contribution < 1.29 is 15.0 Å². The third-order valence-electron chi connectivity index (χ3n) is 2.79. The smallest absolute Gasteiger partial charge is 0.335 e. The number of carbonyl (C=O) groups is 1. The Morgan fingerprint density at radius 3 is 2.58 bits per heavy atom. The van der Waals surface area contributed by atoms with Crippen molar-refractivity contribution in [3.8, 4) is 0 Å². The largest absolute Gasteiger partial charge is 0.478 e. The zero-order chi connectivity index (χ0) is 13.8. The molecule has 1 heterocycles. The number of hydrogen-bond acceptors (Lipinski definition) is 4. The molecule has 0 fully saturated rings. The van der Waals surface area contributed by atoms with Crippen LogP contribution in [0.3, 0.4) is 0 Å². The van der Waals surface area contributed by atoms with Gasteiger partial charge in [-0.05, 0) is 24.0 Å². The minimum absolute atomic E-state index is 0.0687. The fourth-order valence-corrected chi connectivity index (χ4v) is 2.35. The highest BCUT2D eigenvalue weighted by atomic mass is 32.2. The van der Waals surface area contributed by atoms with Gasteiger partial charge >= 0.3 is 5.97 Å². The first-order valence-electron chi connectivity index (χ1n) is 5.67. The molecule has 0 amide bonds. The number of aliphatic hydroxyl groups is 1. The Morgan fingerprint density at radius 2 is 2.05 bits per heavy atom. The second-order valence-electron chi connectivity index (χ2n) is 3.98. The minimum atomic E-state index is -0.935. The summed E-state index contributed by atoms with van der Waals surface area (Å²) in [6, 6.07) is 6.70. The van der Waals surface area contributed by atoms with Gasteiger partial charge < -0.3 is 14.8 Å². The summed E-state index contributed by atoms with van der Waals surface area (Å²) < 4.78 is 1.92. The third kappa shape index (κ3) is 2.97. The lowest BCUT2D eigenvalue weighted by atomic mass is 10.1. The molecule has 0 bridgehead atoms. The average molecular weight is 278 g/mol. The highest BCUT2D eigenvalue weighted by Crippen LogP contribution is 2.18. The van der Waals surface area contributed by atoms with Crippen LogP contribution in [-0.2, 0) is 13.2 Å². The van der Waals surface area contributed by atoms with Crippen LogP contribution in [0.25, 0.3) is 0 Å². The number of rotatable bonds is 5. The van der Waals surface area contributed by atoms with Gasteiger partial charge in [-0.25, -0.2) is 9.78 Å². The predicted molar refractivity (Wildman–Crippen MR) is 72.4 cm³/mol. The normalized spacial score (nSPS) is 10.6. The Kier molecular flexibility index (Phi) is 4.24. The molecule has 0 aliphatic carbocycles. The maximum Gasteiger partial charge on any atom is 0.335 e. The average Bonchev–Trinajstić information content (AvgIpc) is 2.81. The molecular weight excluding hydrogens is 264 g/mol. The van der Waals surface area contributed by atoms with Gasteiger partial charge in [-0.2, -0.15) is 0 Å². The fraction of sp³-hybridized carbons (Fsp3) is 0.231. The molecule has 0 atom stereocenters. The van der Waals surface area contributed by atoms with E-state index in [1.165, 1.54) is 11.8 Å². The molecule has 0 radical (unpaired) electrons. The molecule has 0 aliphatic rings. The molecule has 100 valence electrons. The van der Waals surface area contributed by atoms with E-state index in [0.717, 1.165) is 16.4 Å². The summed E-state index contributed by atoms with van der Waals surface area (Å²) in [7, 11) is 0. The van der Waals surface area contributed by atoms with Gasteiger partial charge in [0.25, 0.3) is 0 Å². The zero-order valence-corrected chi connectivity index (χ0v) is 11.2. The van der Waals surface area contributed by atoms with Gasteiger partial charge in [0.05, 0.1) is 24.1 Å².